The van der Waals surface area contributed by atoms with Crippen molar-refractivity contribution >= 4 is 29.9 Å². The Morgan fingerprint density at radius 1 is 1.27 bits per heavy atom. The molecule has 0 bridgehead atoms. The molecule has 2 N–H and O–H groups in total. The Balaban J connectivity index is 0.00000320. The van der Waals surface area contributed by atoms with Gasteiger partial charge in [-0.1, -0.05) is 25.1 Å². The van der Waals surface area contributed by atoms with Gasteiger partial charge in [0.2, 0.25) is 0 Å². The number of hydrogen-bond donors (Lipinski definition) is 2. The highest BCUT2D eigenvalue weighted by Crippen LogP contribution is 2.22. The average Bonchev–Trinajstić information content (AvgIpc) is 3.23. The van der Waals surface area contributed by atoms with Crippen molar-refractivity contribution in [3.05, 3.63) is 47.6 Å². The van der Waals surface area contributed by atoms with Gasteiger partial charge in [0.15, 0.2) is 11.7 Å². The molecule has 7 nitrogen and oxygen atoms in total. The number of rotatable bonds is 8. The second-order valence-corrected chi connectivity index (χ2v) is 7.67. The molecule has 8 heteroatoms. The first-order chi connectivity index (χ1) is 14.2. The highest BCUT2D eigenvalue weighted by Gasteiger charge is 2.20. The molecule has 0 unspecified atom stereocenters. The van der Waals surface area contributed by atoms with Crippen molar-refractivity contribution < 1.29 is 4.52 Å². The van der Waals surface area contributed by atoms with Gasteiger partial charge in [-0.25, -0.2) is 0 Å². The first-order valence-corrected chi connectivity index (χ1v) is 10.8. The lowest BCUT2D eigenvalue weighted by atomic mass is 9.99. The van der Waals surface area contributed by atoms with E-state index in [-0.39, 0.29) is 24.0 Å². The summed E-state index contributed by atoms with van der Waals surface area (Å²) >= 11 is 0. The van der Waals surface area contributed by atoms with E-state index in [4.69, 9.17) is 4.52 Å². The summed E-state index contributed by atoms with van der Waals surface area (Å²) in [7, 11) is 1.81. The fourth-order valence-electron chi connectivity index (χ4n) is 3.83. The Morgan fingerprint density at radius 2 is 2.03 bits per heavy atom. The molecule has 166 valence electrons. The van der Waals surface area contributed by atoms with Crippen LogP contribution in [-0.4, -0.2) is 47.2 Å². The second-order valence-electron chi connectivity index (χ2n) is 7.67. The summed E-state index contributed by atoms with van der Waals surface area (Å²) in [6, 6.07) is 8.59. The van der Waals surface area contributed by atoms with Crippen LogP contribution in [0.3, 0.4) is 0 Å². The molecule has 0 saturated carbocycles. The van der Waals surface area contributed by atoms with Crippen LogP contribution < -0.4 is 10.6 Å². The molecule has 0 spiro atoms. The number of aliphatic imine (C=N–C) groups is 1. The Bertz CT molecular complexity index is 754. The van der Waals surface area contributed by atoms with Gasteiger partial charge in [-0.05, 0) is 37.8 Å². The largest absolute Gasteiger partial charge is 0.359 e. The van der Waals surface area contributed by atoms with E-state index in [2.05, 4.69) is 62.7 Å². The molecule has 1 aliphatic rings. The fourth-order valence-corrected chi connectivity index (χ4v) is 3.83. The second kappa shape index (κ2) is 12.9. The van der Waals surface area contributed by atoms with Gasteiger partial charge in [0.1, 0.15) is 0 Å². The molecule has 3 heterocycles. The van der Waals surface area contributed by atoms with Crippen LogP contribution in [0, 0.1) is 0 Å². The number of nitrogens with one attached hydrogen (secondary N) is 2. The Kier molecular flexibility index (Phi) is 10.6. The van der Waals surface area contributed by atoms with Gasteiger partial charge in [-0.3, -0.25) is 14.9 Å². The molecule has 0 radical (unpaired) electrons. The van der Waals surface area contributed by atoms with Crippen LogP contribution in [0.4, 0.5) is 0 Å². The van der Waals surface area contributed by atoms with Crippen molar-refractivity contribution in [2.45, 2.75) is 64.6 Å². The quantitative estimate of drug-likeness (QED) is 0.309. The van der Waals surface area contributed by atoms with Crippen molar-refractivity contribution in [3.8, 4) is 0 Å². The standard InChI is InChI=1S/C22H34N6O.HI/c1-4-17(5-2)21-14-20(29-27-21)15-25-22(23-3)26-18-9-12-28(13-10-18)16-19-8-6-7-11-24-19;/h6-8,11,14,17-18H,4-5,9-10,12-13,15-16H2,1-3H3,(H2,23,25,26);1H. The Labute approximate surface area is 197 Å². The van der Waals surface area contributed by atoms with E-state index < -0.39 is 0 Å². The molecule has 1 aliphatic heterocycles. The molecule has 0 aromatic carbocycles. The molecule has 1 saturated heterocycles. The molecule has 3 rings (SSSR count). The third-order valence-electron chi connectivity index (χ3n) is 5.67. The third-order valence-corrected chi connectivity index (χ3v) is 5.67. The van der Waals surface area contributed by atoms with Crippen LogP contribution in [0.25, 0.3) is 0 Å². The third kappa shape index (κ3) is 7.23. The summed E-state index contributed by atoms with van der Waals surface area (Å²) < 4.78 is 5.50. The van der Waals surface area contributed by atoms with E-state index in [0.29, 0.717) is 18.5 Å². The highest BCUT2D eigenvalue weighted by molar-refractivity contribution is 14.0. The Hall–Kier alpha value is -1.68. The number of piperidine rings is 1. The maximum Gasteiger partial charge on any atom is 0.191 e. The maximum absolute atomic E-state index is 5.50. The van der Waals surface area contributed by atoms with Crippen LogP contribution >= 0.6 is 24.0 Å². The monoisotopic (exact) mass is 526 g/mol. The lowest BCUT2D eigenvalue weighted by Crippen LogP contribution is -2.48. The van der Waals surface area contributed by atoms with Gasteiger partial charge < -0.3 is 15.2 Å². The summed E-state index contributed by atoms with van der Waals surface area (Å²) in [5.74, 6) is 2.13. The molecule has 0 atom stereocenters. The zero-order valence-electron chi connectivity index (χ0n) is 18.3. The van der Waals surface area contributed by atoms with Gasteiger partial charge in [0, 0.05) is 50.9 Å². The lowest BCUT2D eigenvalue weighted by molar-refractivity contribution is 0.196. The zero-order valence-corrected chi connectivity index (χ0v) is 20.6. The molecular formula is C22H35IN6O. The molecular weight excluding hydrogens is 491 g/mol. The van der Waals surface area contributed by atoms with E-state index in [1.54, 1.807) is 0 Å². The lowest BCUT2D eigenvalue weighted by Gasteiger charge is -2.32. The van der Waals surface area contributed by atoms with Gasteiger partial charge in [0.05, 0.1) is 17.9 Å². The van der Waals surface area contributed by atoms with Crippen LogP contribution in [-0.2, 0) is 13.1 Å². The number of likely N-dealkylation sites (tertiary alicyclic amines) is 1. The maximum atomic E-state index is 5.50. The zero-order chi connectivity index (χ0) is 20.5. The first kappa shape index (κ1) is 24.6. The number of pyridine rings is 1. The van der Waals surface area contributed by atoms with Crippen molar-refractivity contribution in [2.75, 3.05) is 20.1 Å². The summed E-state index contributed by atoms with van der Waals surface area (Å²) in [5.41, 5.74) is 2.19. The van der Waals surface area contributed by atoms with Crippen LogP contribution in [0.15, 0.2) is 40.0 Å². The SMILES string of the molecule is CCC(CC)c1cc(CNC(=NC)NC2CCN(Cc3ccccn3)CC2)on1.I. The summed E-state index contributed by atoms with van der Waals surface area (Å²) in [6.07, 6.45) is 6.21. The highest BCUT2D eigenvalue weighted by atomic mass is 127. The topological polar surface area (TPSA) is 78.6 Å². The van der Waals surface area contributed by atoms with Crippen LogP contribution in [0.1, 0.15) is 62.6 Å². The van der Waals surface area contributed by atoms with E-state index in [1.165, 1.54) is 0 Å². The fraction of sp³-hybridized carbons (Fsp3) is 0.591. The van der Waals surface area contributed by atoms with Gasteiger partial charge >= 0.3 is 0 Å². The molecule has 30 heavy (non-hydrogen) atoms. The van der Waals surface area contributed by atoms with E-state index >= 15 is 0 Å². The molecule has 1 fully saturated rings. The average molecular weight is 526 g/mol. The van der Waals surface area contributed by atoms with Crippen molar-refractivity contribution in [1.29, 1.82) is 0 Å². The summed E-state index contributed by atoms with van der Waals surface area (Å²) in [5, 5.41) is 11.1. The summed E-state index contributed by atoms with van der Waals surface area (Å²) in [4.78, 5) is 11.3. The molecule has 0 amide bonds. The van der Waals surface area contributed by atoms with Gasteiger partial charge in [0.25, 0.3) is 0 Å². The van der Waals surface area contributed by atoms with Gasteiger partial charge in [-0.15, -0.1) is 24.0 Å². The normalized spacial score (nSPS) is 15.8. The molecule has 2 aromatic heterocycles. The minimum Gasteiger partial charge on any atom is -0.359 e. The molecule has 0 aliphatic carbocycles. The number of guanidine groups is 1. The summed E-state index contributed by atoms with van der Waals surface area (Å²) in [6.45, 7) is 8.01. The van der Waals surface area contributed by atoms with Crippen LogP contribution in [0.2, 0.25) is 0 Å². The minimum atomic E-state index is 0. The number of halogens is 1. The molecule has 2 aromatic rings. The minimum absolute atomic E-state index is 0. The first-order valence-electron chi connectivity index (χ1n) is 10.8. The predicted octanol–water partition coefficient (Wildman–Crippen LogP) is 3.92. The Morgan fingerprint density at radius 3 is 2.67 bits per heavy atom. The van der Waals surface area contributed by atoms with Crippen molar-refractivity contribution in [3.63, 3.8) is 0 Å². The number of hydrogen-bond acceptors (Lipinski definition) is 5. The van der Waals surface area contributed by atoms with Gasteiger partial charge in [-0.2, -0.15) is 0 Å². The van der Waals surface area contributed by atoms with E-state index in [1.807, 2.05) is 19.3 Å². The number of aromatic nitrogens is 2. The van der Waals surface area contributed by atoms with Crippen molar-refractivity contribution in [2.24, 2.45) is 4.99 Å². The van der Waals surface area contributed by atoms with E-state index in [9.17, 15) is 0 Å². The number of nitrogens with zero attached hydrogens (tertiary/aromatic N) is 4. The predicted molar refractivity (Wildman–Crippen MR) is 131 cm³/mol. The van der Waals surface area contributed by atoms with E-state index in [0.717, 1.165) is 68.4 Å². The van der Waals surface area contributed by atoms with Crippen LogP contribution in [0.5, 0.6) is 0 Å². The smallest absolute Gasteiger partial charge is 0.191 e. The van der Waals surface area contributed by atoms with Crippen molar-refractivity contribution in [1.82, 2.24) is 25.7 Å².